The summed E-state index contributed by atoms with van der Waals surface area (Å²) in [7, 11) is 1.80. The fourth-order valence-electron chi connectivity index (χ4n) is 2.33. The summed E-state index contributed by atoms with van der Waals surface area (Å²) in [6, 6.07) is 6.15. The van der Waals surface area contributed by atoms with Crippen LogP contribution in [0.25, 0.3) is 0 Å². The third-order valence-corrected chi connectivity index (χ3v) is 3.90. The van der Waals surface area contributed by atoms with Gasteiger partial charge < -0.3 is 20.1 Å². The standard InChI is InChI=1S/C17H27N3O2.HI/c1-5-6-9-19-16(18-4)20-11-17(2,3)13-7-8-14-15(10-13)22-12-21-14;/h7-8,10H,5-6,9,11-12H2,1-4H3,(H2,18,19,20);1H. The van der Waals surface area contributed by atoms with Crippen LogP contribution in [0.5, 0.6) is 11.5 Å². The van der Waals surface area contributed by atoms with Gasteiger partial charge in [0, 0.05) is 25.6 Å². The molecule has 0 unspecified atom stereocenters. The van der Waals surface area contributed by atoms with E-state index in [0.717, 1.165) is 37.0 Å². The molecule has 0 amide bonds. The van der Waals surface area contributed by atoms with Gasteiger partial charge in [-0.15, -0.1) is 24.0 Å². The fourth-order valence-corrected chi connectivity index (χ4v) is 2.33. The van der Waals surface area contributed by atoms with Gasteiger partial charge in [0.1, 0.15) is 0 Å². The van der Waals surface area contributed by atoms with Crippen molar-refractivity contribution in [3.05, 3.63) is 23.8 Å². The second-order valence-electron chi connectivity index (χ2n) is 6.16. The van der Waals surface area contributed by atoms with E-state index in [9.17, 15) is 0 Å². The van der Waals surface area contributed by atoms with Crippen LogP contribution in [-0.2, 0) is 5.41 Å². The summed E-state index contributed by atoms with van der Waals surface area (Å²) in [4.78, 5) is 4.26. The van der Waals surface area contributed by atoms with Crippen LogP contribution >= 0.6 is 24.0 Å². The van der Waals surface area contributed by atoms with Crippen molar-refractivity contribution in [2.45, 2.75) is 39.0 Å². The number of benzene rings is 1. The van der Waals surface area contributed by atoms with Gasteiger partial charge in [-0.3, -0.25) is 4.99 Å². The molecule has 0 aromatic heterocycles. The number of unbranched alkanes of at least 4 members (excludes halogenated alkanes) is 1. The first-order chi connectivity index (χ1) is 10.6. The molecule has 0 saturated heterocycles. The zero-order valence-corrected chi connectivity index (χ0v) is 16.8. The van der Waals surface area contributed by atoms with Gasteiger partial charge in [0.25, 0.3) is 0 Å². The van der Waals surface area contributed by atoms with Crippen LogP contribution < -0.4 is 20.1 Å². The van der Waals surface area contributed by atoms with Crippen LogP contribution in [0.3, 0.4) is 0 Å². The molecule has 0 fully saturated rings. The zero-order chi connectivity index (χ0) is 16.0. The Kier molecular flexibility index (Phi) is 7.94. The van der Waals surface area contributed by atoms with Crippen molar-refractivity contribution in [1.82, 2.24) is 10.6 Å². The fraction of sp³-hybridized carbons (Fsp3) is 0.588. The summed E-state index contributed by atoms with van der Waals surface area (Å²) < 4.78 is 10.8. The summed E-state index contributed by atoms with van der Waals surface area (Å²) in [5.74, 6) is 2.50. The van der Waals surface area contributed by atoms with Gasteiger partial charge in [-0.25, -0.2) is 0 Å². The van der Waals surface area contributed by atoms with Crippen molar-refractivity contribution in [3.63, 3.8) is 0 Å². The Morgan fingerprint density at radius 3 is 2.65 bits per heavy atom. The molecule has 2 rings (SSSR count). The lowest BCUT2D eigenvalue weighted by Gasteiger charge is -2.27. The largest absolute Gasteiger partial charge is 0.454 e. The molecule has 1 aromatic carbocycles. The van der Waals surface area contributed by atoms with Crippen molar-refractivity contribution in [1.29, 1.82) is 0 Å². The number of guanidine groups is 1. The molecule has 0 bridgehead atoms. The molecule has 0 saturated carbocycles. The Morgan fingerprint density at radius 2 is 1.96 bits per heavy atom. The Bertz CT molecular complexity index is 533. The van der Waals surface area contributed by atoms with Crippen LogP contribution in [-0.4, -0.2) is 32.9 Å². The van der Waals surface area contributed by atoms with E-state index in [1.54, 1.807) is 7.05 Å². The Balaban J connectivity index is 0.00000264. The molecule has 0 radical (unpaired) electrons. The molecule has 1 aromatic rings. The lowest BCUT2D eigenvalue weighted by Crippen LogP contribution is -2.43. The number of nitrogens with zero attached hydrogens (tertiary/aromatic N) is 1. The average molecular weight is 433 g/mol. The Morgan fingerprint density at radius 1 is 1.22 bits per heavy atom. The normalized spacial score (nSPS) is 13.5. The van der Waals surface area contributed by atoms with E-state index in [1.807, 2.05) is 6.07 Å². The number of fused-ring (bicyclic) bond motifs is 1. The van der Waals surface area contributed by atoms with Gasteiger partial charge in [-0.1, -0.05) is 33.3 Å². The van der Waals surface area contributed by atoms with Gasteiger partial charge in [0.2, 0.25) is 6.79 Å². The van der Waals surface area contributed by atoms with Crippen molar-refractivity contribution in [2.75, 3.05) is 26.9 Å². The molecule has 1 aliphatic heterocycles. The first kappa shape index (κ1) is 19.9. The maximum atomic E-state index is 5.47. The van der Waals surface area contributed by atoms with E-state index in [4.69, 9.17) is 9.47 Å². The Labute approximate surface area is 156 Å². The maximum absolute atomic E-state index is 5.47. The van der Waals surface area contributed by atoms with Gasteiger partial charge in [0.05, 0.1) is 0 Å². The van der Waals surface area contributed by atoms with Crippen LogP contribution in [0.15, 0.2) is 23.2 Å². The molecular formula is C17H28IN3O2. The first-order valence-electron chi connectivity index (χ1n) is 7.91. The second-order valence-corrected chi connectivity index (χ2v) is 6.16. The van der Waals surface area contributed by atoms with Crippen molar-refractivity contribution in [3.8, 4) is 11.5 Å². The smallest absolute Gasteiger partial charge is 0.231 e. The molecule has 1 aliphatic rings. The molecule has 6 heteroatoms. The number of halogens is 1. The van der Waals surface area contributed by atoms with Gasteiger partial charge in [0.15, 0.2) is 17.5 Å². The summed E-state index contributed by atoms with van der Waals surface area (Å²) in [6.07, 6.45) is 2.32. The molecule has 23 heavy (non-hydrogen) atoms. The highest BCUT2D eigenvalue weighted by Gasteiger charge is 2.24. The van der Waals surface area contributed by atoms with Crippen LogP contribution in [0, 0.1) is 0 Å². The second kappa shape index (κ2) is 9.20. The molecule has 2 N–H and O–H groups in total. The van der Waals surface area contributed by atoms with Gasteiger partial charge >= 0.3 is 0 Å². The van der Waals surface area contributed by atoms with Crippen LogP contribution in [0.4, 0.5) is 0 Å². The molecule has 0 aliphatic carbocycles. The van der Waals surface area contributed by atoms with Crippen molar-refractivity contribution in [2.24, 2.45) is 4.99 Å². The van der Waals surface area contributed by atoms with Crippen molar-refractivity contribution >= 4 is 29.9 Å². The van der Waals surface area contributed by atoms with Crippen LogP contribution in [0.1, 0.15) is 39.2 Å². The number of aliphatic imine (C=N–C) groups is 1. The monoisotopic (exact) mass is 433 g/mol. The highest BCUT2D eigenvalue weighted by molar-refractivity contribution is 14.0. The minimum Gasteiger partial charge on any atom is -0.454 e. The summed E-state index contributed by atoms with van der Waals surface area (Å²) in [6.45, 7) is 8.64. The molecule has 1 heterocycles. The van der Waals surface area contributed by atoms with Gasteiger partial charge in [-0.2, -0.15) is 0 Å². The molecule has 5 nitrogen and oxygen atoms in total. The van der Waals surface area contributed by atoms with E-state index in [1.165, 1.54) is 12.0 Å². The summed E-state index contributed by atoms with van der Waals surface area (Å²) in [5.41, 5.74) is 1.18. The quantitative estimate of drug-likeness (QED) is 0.313. The van der Waals surface area contributed by atoms with E-state index in [-0.39, 0.29) is 29.4 Å². The zero-order valence-electron chi connectivity index (χ0n) is 14.4. The van der Waals surface area contributed by atoms with Crippen molar-refractivity contribution < 1.29 is 9.47 Å². The third-order valence-electron chi connectivity index (χ3n) is 3.90. The Hall–Kier alpha value is -1.18. The van der Waals surface area contributed by atoms with Crippen LogP contribution in [0.2, 0.25) is 0 Å². The minimum atomic E-state index is -0.0383. The van der Waals surface area contributed by atoms with E-state index < -0.39 is 0 Å². The highest BCUT2D eigenvalue weighted by atomic mass is 127. The lowest BCUT2D eigenvalue weighted by atomic mass is 9.84. The lowest BCUT2D eigenvalue weighted by molar-refractivity contribution is 0.174. The highest BCUT2D eigenvalue weighted by Crippen LogP contribution is 2.36. The predicted octanol–water partition coefficient (Wildman–Crippen LogP) is 3.28. The maximum Gasteiger partial charge on any atom is 0.231 e. The number of hydrogen-bond acceptors (Lipinski definition) is 3. The SMILES string of the molecule is CCCCNC(=NC)NCC(C)(C)c1ccc2c(c1)OCO2.I. The molecule has 0 atom stereocenters. The summed E-state index contributed by atoms with van der Waals surface area (Å²) in [5, 5.41) is 6.73. The minimum absolute atomic E-state index is 0. The predicted molar refractivity (Wildman–Crippen MR) is 105 cm³/mol. The van der Waals surface area contributed by atoms with Gasteiger partial charge in [-0.05, 0) is 24.1 Å². The number of ether oxygens (including phenoxy) is 2. The number of nitrogens with one attached hydrogen (secondary N) is 2. The molecule has 0 spiro atoms. The molecule has 130 valence electrons. The first-order valence-corrected chi connectivity index (χ1v) is 7.91. The van der Waals surface area contributed by atoms with E-state index >= 15 is 0 Å². The topological polar surface area (TPSA) is 54.9 Å². The van der Waals surface area contributed by atoms with E-state index in [0.29, 0.717) is 6.79 Å². The van der Waals surface area contributed by atoms with E-state index in [2.05, 4.69) is 48.5 Å². The average Bonchev–Trinajstić information content (AvgIpc) is 2.98. The number of hydrogen-bond donors (Lipinski definition) is 2. The molecular weight excluding hydrogens is 405 g/mol. The number of rotatable bonds is 6. The third kappa shape index (κ3) is 5.44. The summed E-state index contributed by atoms with van der Waals surface area (Å²) >= 11 is 0.